The molecule has 92 valence electrons. The quantitative estimate of drug-likeness (QED) is 0.748. The molecular weight excluding hydrogens is 212 g/mol. The van der Waals surface area contributed by atoms with Crippen molar-refractivity contribution in [3.05, 3.63) is 41.7 Å². The highest BCUT2D eigenvalue weighted by atomic mass is 16.2. The maximum absolute atomic E-state index is 12.0. The van der Waals surface area contributed by atoms with E-state index >= 15 is 0 Å². The van der Waals surface area contributed by atoms with Gasteiger partial charge in [0.1, 0.15) is 0 Å². The van der Waals surface area contributed by atoms with Gasteiger partial charge in [-0.25, -0.2) is 0 Å². The Bertz CT molecular complexity index is 392. The first kappa shape index (κ1) is 13.4. The van der Waals surface area contributed by atoms with Gasteiger partial charge in [-0.2, -0.15) is 0 Å². The number of nitrogens with zero attached hydrogens (tertiary/aromatic N) is 2. The van der Waals surface area contributed by atoms with Gasteiger partial charge >= 0.3 is 0 Å². The van der Waals surface area contributed by atoms with Crippen LogP contribution in [-0.4, -0.2) is 21.8 Å². The van der Waals surface area contributed by atoms with E-state index in [0.717, 1.165) is 11.1 Å². The van der Waals surface area contributed by atoms with E-state index < -0.39 is 0 Å². The second-order valence-corrected chi connectivity index (χ2v) is 4.64. The number of aromatic nitrogens is 1. The van der Waals surface area contributed by atoms with Gasteiger partial charge in [0.15, 0.2) is 0 Å². The Balaban J connectivity index is 2.81. The number of hydrogen-bond donors (Lipinski definition) is 0. The molecule has 0 atom stereocenters. The predicted octanol–water partition coefficient (Wildman–Crippen LogP) is 2.78. The maximum atomic E-state index is 12.0. The molecule has 3 nitrogen and oxygen atoms in total. The number of carbonyl (C=O) groups excluding carboxylic acids is 1. The minimum Gasteiger partial charge on any atom is -0.332 e. The smallest absolute Gasteiger partial charge is 0.247 e. The van der Waals surface area contributed by atoms with E-state index in [1.807, 2.05) is 44.7 Å². The monoisotopic (exact) mass is 232 g/mol. The zero-order chi connectivity index (χ0) is 12.8. The van der Waals surface area contributed by atoms with Gasteiger partial charge in [0.2, 0.25) is 5.91 Å². The van der Waals surface area contributed by atoms with E-state index in [2.05, 4.69) is 4.98 Å². The summed E-state index contributed by atoms with van der Waals surface area (Å²) in [5.41, 5.74) is 2.07. The highest BCUT2D eigenvalue weighted by Gasteiger charge is 2.15. The van der Waals surface area contributed by atoms with Gasteiger partial charge in [0.25, 0.3) is 0 Å². The number of allylic oxidation sites excluding steroid dienone is 1. The van der Waals surface area contributed by atoms with E-state index in [-0.39, 0.29) is 11.9 Å². The first-order valence-electron chi connectivity index (χ1n) is 5.85. The fourth-order valence-corrected chi connectivity index (χ4v) is 1.53. The Morgan fingerprint density at radius 2 is 2.18 bits per heavy atom. The van der Waals surface area contributed by atoms with Gasteiger partial charge in [-0.3, -0.25) is 9.78 Å². The van der Waals surface area contributed by atoms with E-state index in [1.165, 1.54) is 0 Å². The molecule has 3 heteroatoms. The van der Waals surface area contributed by atoms with Gasteiger partial charge in [-0.05, 0) is 39.3 Å². The average molecular weight is 232 g/mol. The van der Waals surface area contributed by atoms with Crippen LogP contribution in [0, 0.1) is 0 Å². The largest absolute Gasteiger partial charge is 0.332 e. The summed E-state index contributed by atoms with van der Waals surface area (Å²) in [4.78, 5) is 17.9. The van der Waals surface area contributed by atoms with E-state index in [4.69, 9.17) is 0 Å². The van der Waals surface area contributed by atoms with Crippen LogP contribution in [0.1, 0.15) is 33.3 Å². The number of amides is 1. The summed E-state index contributed by atoms with van der Waals surface area (Å²) in [6, 6.07) is 4.05. The standard InChI is InChI=1S/C14H20N2O/c1-11(2)8-14(17)16(12(3)4)10-13-6-5-7-15-9-13/h5-9,12H,10H2,1-4H3. The lowest BCUT2D eigenvalue weighted by molar-refractivity contribution is -0.128. The first-order valence-corrected chi connectivity index (χ1v) is 5.85. The van der Waals surface area contributed by atoms with Crippen LogP contribution < -0.4 is 0 Å². The minimum atomic E-state index is 0.0591. The van der Waals surface area contributed by atoms with Gasteiger partial charge in [0, 0.05) is 31.1 Å². The summed E-state index contributed by atoms with van der Waals surface area (Å²) >= 11 is 0. The normalized spacial score (nSPS) is 10.2. The molecule has 1 aromatic rings. The molecule has 0 radical (unpaired) electrons. The Morgan fingerprint density at radius 3 is 2.65 bits per heavy atom. The lowest BCUT2D eigenvalue weighted by atomic mass is 10.2. The molecule has 0 bridgehead atoms. The fourth-order valence-electron chi connectivity index (χ4n) is 1.53. The molecule has 1 rings (SSSR count). The topological polar surface area (TPSA) is 33.2 Å². The Kier molecular flexibility index (Phi) is 4.88. The van der Waals surface area contributed by atoms with Crippen LogP contribution in [0.5, 0.6) is 0 Å². The molecule has 1 heterocycles. The third kappa shape index (κ3) is 4.39. The van der Waals surface area contributed by atoms with E-state index in [0.29, 0.717) is 6.54 Å². The first-order chi connectivity index (χ1) is 8.00. The zero-order valence-corrected chi connectivity index (χ0v) is 11.0. The minimum absolute atomic E-state index is 0.0591. The van der Waals surface area contributed by atoms with Crippen LogP contribution in [0.3, 0.4) is 0 Å². The highest BCUT2D eigenvalue weighted by Crippen LogP contribution is 2.09. The number of pyridine rings is 1. The Morgan fingerprint density at radius 1 is 1.47 bits per heavy atom. The number of carbonyl (C=O) groups is 1. The molecule has 0 aromatic carbocycles. The molecule has 17 heavy (non-hydrogen) atoms. The van der Waals surface area contributed by atoms with Gasteiger partial charge in [-0.15, -0.1) is 0 Å². The second-order valence-electron chi connectivity index (χ2n) is 4.64. The van der Waals surface area contributed by atoms with Crippen molar-refractivity contribution < 1.29 is 4.79 Å². The molecule has 0 spiro atoms. The summed E-state index contributed by atoms with van der Waals surface area (Å²) < 4.78 is 0. The van der Waals surface area contributed by atoms with Crippen LogP contribution in [0.25, 0.3) is 0 Å². The van der Waals surface area contributed by atoms with Crippen LogP contribution in [0.15, 0.2) is 36.2 Å². The van der Waals surface area contributed by atoms with Crippen molar-refractivity contribution in [1.82, 2.24) is 9.88 Å². The molecule has 0 fully saturated rings. The molecule has 1 amide bonds. The third-order valence-electron chi connectivity index (χ3n) is 2.39. The molecular formula is C14H20N2O. The van der Waals surface area contributed by atoms with Crippen molar-refractivity contribution in [2.75, 3.05) is 0 Å². The second kappa shape index (κ2) is 6.18. The van der Waals surface area contributed by atoms with Crippen LogP contribution in [-0.2, 0) is 11.3 Å². The number of hydrogen-bond acceptors (Lipinski definition) is 2. The SMILES string of the molecule is CC(C)=CC(=O)N(Cc1cccnc1)C(C)C. The lowest BCUT2D eigenvalue weighted by Gasteiger charge is -2.25. The van der Waals surface area contributed by atoms with Crippen LogP contribution in [0.4, 0.5) is 0 Å². The fraction of sp³-hybridized carbons (Fsp3) is 0.429. The molecule has 0 unspecified atom stereocenters. The van der Waals surface area contributed by atoms with Crippen molar-refractivity contribution in [1.29, 1.82) is 0 Å². The molecule has 0 saturated heterocycles. The molecule has 0 saturated carbocycles. The highest BCUT2D eigenvalue weighted by molar-refractivity contribution is 5.88. The molecule has 1 aromatic heterocycles. The molecule has 0 aliphatic rings. The van der Waals surface area contributed by atoms with Crippen molar-refractivity contribution in [2.45, 2.75) is 40.3 Å². The van der Waals surface area contributed by atoms with Gasteiger partial charge in [-0.1, -0.05) is 11.6 Å². The Labute approximate surface area is 103 Å². The molecule has 0 aliphatic carbocycles. The molecule has 0 N–H and O–H groups in total. The lowest BCUT2D eigenvalue weighted by Crippen LogP contribution is -2.35. The summed E-state index contributed by atoms with van der Waals surface area (Å²) in [7, 11) is 0. The van der Waals surface area contributed by atoms with Crippen LogP contribution >= 0.6 is 0 Å². The molecule has 0 aliphatic heterocycles. The predicted molar refractivity (Wildman–Crippen MR) is 69.4 cm³/mol. The van der Waals surface area contributed by atoms with E-state index in [1.54, 1.807) is 18.5 Å². The van der Waals surface area contributed by atoms with Crippen LogP contribution in [0.2, 0.25) is 0 Å². The summed E-state index contributed by atoms with van der Waals surface area (Å²) in [5.74, 6) is 0.0591. The Hall–Kier alpha value is -1.64. The third-order valence-corrected chi connectivity index (χ3v) is 2.39. The summed E-state index contributed by atoms with van der Waals surface area (Å²) in [6.07, 6.45) is 5.21. The van der Waals surface area contributed by atoms with Crippen molar-refractivity contribution in [3.8, 4) is 0 Å². The summed E-state index contributed by atoms with van der Waals surface area (Å²) in [6.45, 7) is 8.51. The van der Waals surface area contributed by atoms with Gasteiger partial charge < -0.3 is 4.90 Å². The van der Waals surface area contributed by atoms with Crippen molar-refractivity contribution in [2.24, 2.45) is 0 Å². The van der Waals surface area contributed by atoms with Crippen molar-refractivity contribution in [3.63, 3.8) is 0 Å². The number of rotatable bonds is 4. The van der Waals surface area contributed by atoms with E-state index in [9.17, 15) is 4.79 Å². The average Bonchev–Trinajstić information content (AvgIpc) is 2.25. The summed E-state index contributed by atoms with van der Waals surface area (Å²) in [5, 5.41) is 0. The van der Waals surface area contributed by atoms with Gasteiger partial charge in [0.05, 0.1) is 0 Å². The zero-order valence-electron chi connectivity index (χ0n) is 11.0. The van der Waals surface area contributed by atoms with Crippen molar-refractivity contribution >= 4 is 5.91 Å². The maximum Gasteiger partial charge on any atom is 0.247 e.